The lowest BCUT2D eigenvalue weighted by atomic mass is 9.94. The number of nitrogens with zero attached hydrogens (tertiary/aromatic N) is 1. The molecule has 2 aromatic rings. The van der Waals surface area contributed by atoms with E-state index in [1.165, 1.54) is 31.0 Å². The standard InChI is InChI=1S/C20H18ClNO2S2/c21-16-9-5-4-8-15(16)17-11-10-14(24-17)12-18-19(23)22(20(25)26-18)13-6-2-1-3-7-13/h4-5,8-13H,1-3,6-7H2. The normalized spacial score (nSPS) is 20.3. The number of furan rings is 1. The molecule has 134 valence electrons. The molecule has 0 spiro atoms. The van der Waals surface area contributed by atoms with Crippen molar-refractivity contribution in [1.82, 2.24) is 4.90 Å². The van der Waals surface area contributed by atoms with Crippen LogP contribution in [0.3, 0.4) is 0 Å². The number of halogens is 1. The number of thiocarbonyl (C=S) groups is 1. The smallest absolute Gasteiger partial charge is 0.266 e. The van der Waals surface area contributed by atoms with Crippen molar-refractivity contribution >= 4 is 51.9 Å². The second kappa shape index (κ2) is 7.59. The molecule has 1 aromatic heterocycles. The number of carbonyl (C=O) groups is 1. The van der Waals surface area contributed by atoms with Crippen molar-refractivity contribution in [1.29, 1.82) is 0 Å². The summed E-state index contributed by atoms with van der Waals surface area (Å²) in [6.45, 7) is 0. The van der Waals surface area contributed by atoms with E-state index >= 15 is 0 Å². The Morgan fingerprint density at radius 2 is 1.92 bits per heavy atom. The maximum atomic E-state index is 12.8. The van der Waals surface area contributed by atoms with Gasteiger partial charge in [-0.3, -0.25) is 9.69 Å². The lowest BCUT2D eigenvalue weighted by Crippen LogP contribution is -2.39. The van der Waals surface area contributed by atoms with Crippen LogP contribution in [0.15, 0.2) is 45.7 Å². The maximum absolute atomic E-state index is 12.8. The highest BCUT2D eigenvalue weighted by molar-refractivity contribution is 8.26. The Morgan fingerprint density at radius 3 is 2.69 bits per heavy atom. The minimum atomic E-state index is 0.00240. The number of hydrogen-bond acceptors (Lipinski definition) is 4. The third kappa shape index (κ3) is 3.48. The van der Waals surface area contributed by atoms with Crippen LogP contribution in [0, 0.1) is 0 Å². The van der Waals surface area contributed by atoms with E-state index in [1.807, 2.05) is 41.3 Å². The van der Waals surface area contributed by atoms with Crippen molar-refractivity contribution in [2.45, 2.75) is 38.1 Å². The molecule has 1 aromatic carbocycles. The molecule has 1 aliphatic heterocycles. The van der Waals surface area contributed by atoms with Crippen LogP contribution < -0.4 is 0 Å². The van der Waals surface area contributed by atoms with Gasteiger partial charge in [0.05, 0.1) is 9.93 Å². The fourth-order valence-corrected chi connectivity index (χ4v) is 5.11. The molecule has 26 heavy (non-hydrogen) atoms. The average molecular weight is 404 g/mol. The summed E-state index contributed by atoms with van der Waals surface area (Å²) in [6, 6.07) is 11.5. The number of benzene rings is 1. The SMILES string of the molecule is O=C1C(=Cc2ccc(-c3ccccc3Cl)o2)SC(=S)N1C1CCCCC1. The van der Waals surface area contributed by atoms with Crippen LogP contribution in [0.5, 0.6) is 0 Å². The molecule has 2 aliphatic rings. The van der Waals surface area contributed by atoms with Gasteiger partial charge in [-0.2, -0.15) is 0 Å². The molecule has 0 unspecified atom stereocenters. The van der Waals surface area contributed by atoms with Crippen LogP contribution in [0.2, 0.25) is 5.02 Å². The van der Waals surface area contributed by atoms with Gasteiger partial charge in [0.15, 0.2) is 0 Å². The largest absolute Gasteiger partial charge is 0.457 e. The van der Waals surface area contributed by atoms with Gasteiger partial charge in [0, 0.05) is 17.7 Å². The van der Waals surface area contributed by atoms with Crippen LogP contribution in [-0.2, 0) is 4.79 Å². The Morgan fingerprint density at radius 1 is 1.15 bits per heavy atom. The van der Waals surface area contributed by atoms with Gasteiger partial charge in [-0.05, 0) is 37.1 Å². The molecule has 0 bridgehead atoms. The second-order valence-electron chi connectivity index (χ2n) is 6.53. The Bertz CT molecular complexity index is 883. The summed E-state index contributed by atoms with van der Waals surface area (Å²) in [4.78, 5) is 15.3. The Kier molecular flexibility index (Phi) is 5.20. The molecule has 2 fully saturated rings. The molecule has 0 atom stereocenters. The van der Waals surface area contributed by atoms with Crippen molar-refractivity contribution in [3.05, 3.63) is 52.1 Å². The lowest BCUT2D eigenvalue weighted by molar-refractivity contribution is -0.124. The quantitative estimate of drug-likeness (QED) is 0.455. The molecule has 0 N–H and O–H groups in total. The van der Waals surface area contributed by atoms with Crippen molar-refractivity contribution in [3.63, 3.8) is 0 Å². The third-order valence-corrected chi connectivity index (χ3v) is 6.46. The average Bonchev–Trinajstić information content (AvgIpc) is 3.21. The first kappa shape index (κ1) is 17.8. The zero-order valence-corrected chi connectivity index (χ0v) is 16.5. The fraction of sp³-hybridized carbons (Fsp3) is 0.300. The summed E-state index contributed by atoms with van der Waals surface area (Å²) < 4.78 is 6.55. The number of hydrogen-bond donors (Lipinski definition) is 0. The van der Waals surface area contributed by atoms with Gasteiger partial charge in [-0.25, -0.2) is 0 Å². The molecular weight excluding hydrogens is 386 g/mol. The monoisotopic (exact) mass is 403 g/mol. The van der Waals surface area contributed by atoms with E-state index in [2.05, 4.69) is 0 Å². The number of thioether (sulfide) groups is 1. The maximum Gasteiger partial charge on any atom is 0.266 e. The summed E-state index contributed by atoms with van der Waals surface area (Å²) in [5.41, 5.74) is 0.837. The molecule has 2 heterocycles. The first-order valence-corrected chi connectivity index (χ1v) is 10.4. The molecule has 1 saturated heterocycles. The zero-order chi connectivity index (χ0) is 18.1. The van der Waals surface area contributed by atoms with E-state index in [1.54, 1.807) is 6.08 Å². The minimum absolute atomic E-state index is 0.00240. The Balaban J connectivity index is 1.56. The van der Waals surface area contributed by atoms with Crippen molar-refractivity contribution in [2.24, 2.45) is 0 Å². The number of carbonyl (C=O) groups excluding carboxylic acids is 1. The van der Waals surface area contributed by atoms with E-state index in [4.69, 9.17) is 28.2 Å². The molecule has 1 aliphatic carbocycles. The minimum Gasteiger partial charge on any atom is -0.457 e. The highest BCUT2D eigenvalue weighted by Crippen LogP contribution is 2.38. The van der Waals surface area contributed by atoms with Crippen LogP contribution in [0.25, 0.3) is 17.4 Å². The summed E-state index contributed by atoms with van der Waals surface area (Å²) in [7, 11) is 0. The van der Waals surface area contributed by atoms with E-state index < -0.39 is 0 Å². The Labute approximate surface area is 167 Å². The third-order valence-electron chi connectivity index (χ3n) is 4.80. The number of rotatable bonds is 3. The molecular formula is C20H18ClNO2S2. The second-order valence-corrected chi connectivity index (χ2v) is 8.61. The predicted molar refractivity (Wildman–Crippen MR) is 111 cm³/mol. The molecule has 1 saturated carbocycles. The molecule has 3 nitrogen and oxygen atoms in total. The highest BCUT2D eigenvalue weighted by atomic mass is 35.5. The van der Waals surface area contributed by atoms with Gasteiger partial charge in [-0.15, -0.1) is 0 Å². The van der Waals surface area contributed by atoms with Crippen LogP contribution >= 0.6 is 35.6 Å². The van der Waals surface area contributed by atoms with Gasteiger partial charge in [0.1, 0.15) is 15.8 Å². The first-order chi connectivity index (χ1) is 12.6. The van der Waals surface area contributed by atoms with Gasteiger partial charge >= 0.3 is 0 Å². The van der Waals surface area contributed by atoms with E-state index in [-0.39, 0.29) is 11.9 Å². The lowest BCUT2D eigenvalue weighted by Gasteiger charge is -2.29. The molecule has 4 rings (SSSR count). The van der Waals surface area contributed by atoms with Gasteiger partial charge in [-0.1, -0.05) is 67.0 Å². The summed E-state index contributed by atoms with van der Waals surface area (Å²) in [5, 5.41) is 0.636. The predicted octanol–water partition coefficient (Wildman–Crippen LogP) is 6.13. The summed E-state index contributed by atoms with van der Waals surface area (Å²) in [5.74, 6) is 1.32. The van der Waals surface area contributed by atoms with Crippen LogP contribution in [0.1, 0.15) is 37.9 Å². The topological polar surface area (TPSA) is 33.5 Å². The van der Waals surface area contributed by atoms with Crippen molar-refractivity contribution in [3.8, 4) is 11.3 Å². The van der Waals surface area contributed by atoms with Crippen molar-refractivity contribution < 1.29 is 9.21 Å². The molecule has 1 amide bonds. The van der Waals surface area contributed by atoms with Gasteiger partial charge < -0.3 is 4.42 Å². The number of amides is 1. The summed E-state index contributed by atoms with van der Waals surface area (Å²) >= 11 is 13.1. The van der Waals surface area contributed by atoms with Crippen LogP contribution in [-0.4, -0.2) is 21.2 Å². The zero-order valence-electron chi connectivity index (χ0n) is 14.1. The van der Waals surface area contributed by atoms with E-state index in [9.17, 15) is 4.79 Å². The molecule has 6 heteroatoms. The van der Waals surface area contributed by atoms with Crippen LogP contribution in [0.4, 0.5) is 0 Å². The van der Waals surface area contributed by atoms with E-state index in [0.717, 1.165) is 18.4 Å². The van der Waals surface area contributed by atoms with Gasteiger partial charge in [0.2, 0.25) is 0 Å². The molecule has 0 radical (unpaired) electrons. The summed E-state index contributed by atoms with van der Waals surface area (Å²) in [6.07, 6.45) is 7.44. The first-order valence-electron chi connectivity index (χ1n) is 8.75. The highest BCUT2D eigenvalue weighted by Gasteiger charge is 2.37. The van der Waals surface area contributed by atoms with Crippen molar-refractivity contribution in [2.75, 3.05) is 0 Å². The van der Waals surface area contributed by atoms with Gasteiger partial charge in [0.25, 0.3) is 5.91 Å². The fourth-order valence-electron chi connectivity index (χ4n) is 3.50. The Hall–Kier alpha value is -1.56. The van der Waals surface area contributed by atoms with E-state index in [0.29, 0.717) is 25.8 Å².